The molecule has 1 saturated heterocycles. The van der Waals surface area contributed by atoms with Gasteiger partial charge in [-0.3, -0.25) is 9.69 Å². The first-order chi connectivity index (χ1) is 10.9. The Morgan fingerprint density at radius 1 is 1.00 bits per heavy atom. The summed E-state index contributed by atoms with van der Waals surface area (Å²) < 4.78 is 0. The highest BCUT2D eigenvalue weighted by molar-refractivity contribution is 5.86. The van der Waals surface area contributed by atoms with Crippen molar-refractivity contribution in [1.82, 2.24) is 9.80 Å². The maximum Gasteiger partial charge on any atom is 0.242 e. The van der Waals surface area contributed by atoms with E-state index in [4.69, 9.17) is 5.73 Å². The van der Waals surface area contributed by atoms with Gasteiger partial charge in [-0.25, -0.2) is 0 Å². The minimum absolute atomic E-state index is 0. The zero-order chi connectivity index (χ0) is 16.4. The van der Waals surface area contributed by atoms with E-state index in [9.17, 15) is 4.79 Å². The molecule has 1 amide bonds. The zero-order valence-electron chi connectivity index (χ0n) is 14.8. The molecule has 1 heterocycles. The van der Waals surface area contributed by atoms with Gasteiger partial charge < -0.3 is 10.6 Å². The van der Waals surface area contributed by atoms with Crippen molar-refractivity contribution in [3.8, 4) is 0 Å². The van der Waals surface area contributed by atoms with Crippen LogP contribution < -0.4 is 5.73 Å². The molecule has 0 unspecified atom stereocenters. The number of amides is 1. The van der Waals surface area contributed by atoms with Gasteiger partial charge in [-0.2, -0.15) is 0 Å². The number of benzene rings is 2. The summed E-state index contributed by atoms with van der Waals surface area (Å²) in [6.45, 7) is 7.77. The molecule has 1 fully saturated rings. The van der Waals surface area contributed by atoms with Crippen LogP contribution in [0.15, 0.2) is 42.5 Å². The van der Waals surface area contributed by atoms with Crippen molar-refractivity contribution >= 4 is 41.5 Å². The average molecular weight is 384 g/mol. The Labute approximate surface area is 162 Å². The quantitative estimate of drug-likeness (QED) is 0.885. The van der Waals surface area contributed by atoms with Crippen LogP contribution in [0.25, 0.3) is 10.8 Å². The number of carbonyl (C=O) groups excluding carboxylic acids is 1. The maximum absolute atomic E-state index is 12.2. The lowest BCUT2D eigenvalue weighted by molar-refractivity contribution is -0.137. The van der Waals surface area contributed by atoms with Crippen LogP contribution in [-0.2, 0) is 11.3 Å². The van der Waals surface area contributed by atoms with E-state index < -0.39 is 5.54 Å². The first-order valence-corrected chi connectivity index (χ1v) is 8.22. The van der Waals surface area contributed by atoms with Gasteiger partial charge in [0.2, 0.25) is 5.91 Å². The molecule has 0 radical (unpaired) electrons. The minimum Gasteiger partial charge on any atom is -0.339 e. The van der Waals surface area contributed by atoms with Gasteiger partial charge in [0.15, 0.2) is 0 Å². The van der Waals surface area contributed by atoms with E-state index >= 15 is 0 Å². The number of hydrogen-bond acceptors (Lipinski definition) is 3. The standard InChI is InChI=1S/C19H25N3O.2ClH/c1-19(2,20)18(23)22-12-10-21(11-13-22)14-16-8-5-7-15-6-3-4-9-17(15)16;;/h3-9H,10-14,20H2,1-2H3;2*1H. The van der Waals surface area contributed by atoms with E-state index in [0.29, 0.717) is 0 Å². The van der Waals surface area contributed by atoms with Gasteiger partial charge in [0.25, 0.3) is 0 Å². The predicted octanol–water partition coefficient (Wildman–Crippen LogP) is 3.06. The summed E-state index contributed by atoms with van der Waals surface area (Å²) in [6, 6.07) is 15.0. The Hall–Kier alpha value is -1.33. The SMILES string of the molecule is CC(C)(N)C(=O)N1CCN(Cc2cccc3ccccc23)CC1.Cl.Cl. The van der Waals surface area contributed by atoms with Crippen LogP contribution in [0.4, 0.5) is 0 Å². The molecular formula is C19H27Cl2N3O. The smallest absolute Gasteiger partial charge is 0.242 e. The van der Waals surface area contributed by atoms with Crippen molar-refractivity contribution in [2.75, 3.05) is 26.2 Å². The van der Waals surface area contributed by atoms with Crippen molar-refractivity contribution in [1.29, 1.82) is 0 Å². The molecule has 1 aliphatic heterocycles. The molecule has 0 bridgehead atoms. The highest BCUT2D eigenvalue weighted by atomic mass is 35.5. The lowest BCUT2D eigenvalue weighted by atomic mass is 10.0. The molecule has 2 aromatic carbocycles. The Balaban J connectivity index is 0.00000156. The molecule has 3 rings (SSSR count). The Bertz CT molecular complexity index is 702. The highest BCUT2D eigenvalue weighted by Gasteiger charge is 2.30. The largest absolute Gasteiger partial charge is 0.339 e. The van der Waals surface area contributed by atoms with Crippen molar-refractivity contribution in [3.63, 3.8) is 0 Å². The summed E-state index contributed by atoms with van der Waals surface area (Å²) in [5.41, 5.74) is 6.49. The fourth-order valence-corrected chi connectivity index (χ4v) is 3.19. The maximum atomic E-state index is 12.2. The van der Waals surface area contributed by atoms with Gasteiger partial charge in [-0.1, -0.05) is 42.5 Å². The monoisotopic (exact) mass is 383 g/mol. The van der Waals surface area contributed by atoms with Crippen molar-refractivity contribution in [3.05, 3.63) is 48.0 Å². The lowest BCUT2D eigenvalue weighted by Crippen LogP contribution is -2.56. The minimum atomic E-state index is -0.780. The van der Waals surface area contributed by atoms with Gasteiger partial charge in [-0.15, -0.1) is 24.8 Å². The number of carbonyl (C=O) groups is 1. The van der Waals surface area contributed by atoms with Crippen LogP contribution in [0, 0.1) is 0 Å². The summed E-state index contributed by atoms with van der Waals surface area (Å²) >= 11 is 0. The van der Waals surface area contributed by atoms with Crippen LogP contribution in [-0.4, -0.2) is 47.4 Å². The second-order valence-corrected chi connectivity index (χ2v) is 6.93. The number of piperazine rings is 1. The molecule has 0 aliphatic carbocycles. The van der Waals surface area contributed by atoms with E-state index in [-0.39, 0.29) is 30.7 Å². The third-order valence-electron chi connectivity index (χ3n) is 4.48. The molecule has 0 atom stereocenters. The third-order valence-corrected chi connectivity index (χ3v) is 4.48. The first-order valence-electron chi connectivity index (χ1n) is 8.22. The number of rotatable bonds is 3. The fraction of sp³-hybridized carbons (Fsp3) is 0.421. The van der Waals surface area contributed by atoms with E-state index in [2.05, 4.69) is 47.4 Å². The molecular weight excluding hydrogens is 357 g/mol. The van der Waals surface area contributed by atoms with Crippen LogP contribution in [0.2, 0.25) is 0 Å². The second-order valence-electron chi connectivity index (χ2n) is 6.93. The van der Waals surface area contributed by atoms with Gasteiger partial charge >= 0.3 is 0 Å². The van der Waals surface area contributed by atoms with Crippen molar-refractivity contribution in [2.45, 2.75) is 25.9 Å². The van der Waals surface area contributed by atoms with Crippen LogP contribution >= 0.6 is 24.8 Å². The van der Waals surface area contributed by atoms with E-state index in [1.807, 2.05) is 4.90 Å². The van der Waals surface area contributed by atoms with Gasteiger partial charge in [0, 0.05) is 32.7 Å². The molecule has 2 N–H and O–H groups in total. The van der Waals surface area contributed by atoms with E-state index in [1.54, 1.807) is 13.8 Å². The van der Waals surface area contributed by atoms with Crippen molar-refractivity contribution < 1.29 is 4.79 Å². The van der Waals surface area contributed by atoms with Crippen molar-refractivity contribution in [2.24, 2.45) is 5.73 Å². The number of hydrogen-bond donors (Lipinski definition) is 1. The summed E-state index contributed by atoms with van der Waals surface area (Å²) in [4.78, 5) is 16.5. The summed E-state index contributed by atoms with van der Waals surface area (Å²) in [7, 11) is 0. The molecule has 0 spiro atoms. The zero-order valence-corrected chi connectivity index (χ0v) is 16.4. The number of fused-ring (bicyclic) bond motifs is 1. The molecule has 1 aliphatic rings. The Kier molecular flexibility index (Phi) is 7.69. The topological polar surface area (TPSA) is 49.6 Å². The molecule has 0 saturated carbocycles. The normalized spacial score (nSPS) is 15.4. The molecule has 4 nitrogen and oxygen atoms in total. The first kappa shape index (κ1) is 21.7. The van der Waals surface area contributed by atoms with Gasteiger partial charge in [0.05, 0.1) is 5.54 Å². The Morgan fingerprint density at radius 2 is 1.60 bits per heavy atom. The molecule has 138 valence electrons. The average Bonchev–Trinajstić information content (AvgIpc) is 2.54. The van der Waals surface area contributed by atoms with Gasteiger partial charge in [-0.05, 0) is 30.2 Å². The summed E-state index contributed by atoms with van der Waals surface area (Å²) in [5.74, 6) is 0.0438. The van der Waals surface area contributed by atoms with E-state index in [1.165, 1.54) is 16.3 Å². The van der Waals surface area contributed by atoms with Crippen LogP contribution in [0.3, 0.4) is 0 Å². The number of halogens is 2. The van der Waals surface area contributed by atoms with Crippen LogP contribution in [0.5, 0.6) is 0 Å². The molecule has 2 aromatic rings. The van der Waals surface area contributed by atoms with Gasteiger partial charge in [0.1, 0.15) is 0 Å². The second kappa shape index (κ2) is 8.86. The molecule has 0 aromatic heterocycles. The molecule has 25 heavy (non-hydrogen) atoms. The lowest BCUT2D eigenvalue weighted by Gasteiger charge is -2.37. The fourth-order valence-electron chi connectivity index (χ4n) is 3.19. The molecule has 6 heteroatoms. The Morgan fingerprint density at radius 3 is 2.24 bits per heavy atom. The number of nitrogens with two attached hydrogens (primary N) is 1. The summed E-state index contributed by atoms with van der Waals surface area (Å²) in [6.07, 6.45) is 0. The summed E-state index contributed by atoms with van der Waals surface area (Å²) in [5, 5.41) is 2.60. The predicted molar refractivity (Wildman–Crippen MR) is 109 cm³/mol. The third kappa shape index (κ3) is 5.08. The van der Waals surface area contributed by atoms with Crippen LogP contribution in [0.1, 0.15) is 19.4 Å². The van der Waals surface area contributed by atoms with E-state index in [0.717, 1.165) is 32.7 Å². The highest BCUT2D eigenvalue weighted by Crippen LogP contribution is 2.20. The number of nitrogens with zero attached hydrogens (tertiary/aromatic N) is 2.